The van der Waals surface area contributed by atoms with Gasteiger partial charge in [-0.3, -0.25) is 14.9 Å². The van der Waals surface area contributed by atoms with Gasteiger partial charge in [0.25, 0.3) is 11.8 Å². The van der Waals surface area contributed by atoms with Crippen molar-refractivity contribution in [1.29, 1.82) is 0 Å². The molecule has 2 amide bonds. The first-order chi connectivity index (χ1) is 11.6. The number of imide groups is 1. The van der Waals surface area contributed by atoms with Gasteiger partial charge in [0, 0.05) is 29.9 Å². The first kappa shape index (κ1) is 16.0. The Morgan fingerprint density at radius 1 is 0.875 bits per heavy atom. The number of benzene rings is 2. The number of hydrogen-bond donors (Lipinski definition) is 1. The smallest absolute Gasteiger partial charge is 0.258 e. The number of anilines is 1. The number of fused-ring (bicyclic) bond motifs is 1. The van der Waals surface area contributed by atoms with Gasteiger partial charge in [0.15, 0.2) is 0 Å². The number of hydrogen-bond acceptors (Lipinski definition) is 3. The van der Waals surface area contributed by atoms with Crippen LogP contribution in [-0.2, 0) is 4.79 Å². The van der Waals surface area contributed by atoms with Gasteiger partial charge in [0.2, 0.25) is 0 Å². The highest BCUT2D eigenvalue weighted by Gasteiger charge is 2.26. The summed E-state index contributed by atoms with van der Waals surface area (Å²) in [5.74, 6) is -0.698. The topological polar surface area (TPSA) is 49.4 Å². The van der Waals surface area contributed by atoms with E-state index in [1.165, 1.54) is 0 Å². The van der Waals surface area contributed by atoms with Crippen molar-refractivity contribution < 1.29 is 9.59 Å². The maximum absolute atomic E-state index is 12.2. The van der Waals surface area contributed by atoms with E-state index in [4.69, 9.17) is 0 Å². The summed E-state index contributed by atoms with van der Waals surface area (Å²) in [5.41, 5.74) is 3.81. The highest BCUT2D eigenvalue weighted by Crippen LogP contribution is 2.26. The Kier molecular flexibility index (Phi) is 4.47. The monoisotopic (exact) mass is 320 g/mol. The van der Waals surface area contributed by atoms with Gasteiger partial charge in [-0.15, -0.1) is 0 Å². The van der Waals surface area contributed by atoms with Gasteiger partial charge in [0.1, 0.15) is 0 Å². The summed E-state index contributed by atoms with van der Waals surface area (Å²) in [4.78, 5) is 26.4. The lowest BCUT2D eigenvalue weighted by molar-refractivity contribution is -0.114. The van der Waals surface area contributed by atoms with Crippen LogP contribution in [0.25, 0.3) is 11.6 Å². The number of carbonyl (C=O) groups excluding carboxylic acids is 2. The molecule has 2 aromatic carbocycles. The Morgan fingerprint density at radius 3 is 2.12 bits per heavy atom. The van der Waals surface area contributed by atoms with Crippen LogP contribution in [0.3, 0.4) is 0 Å². The molecule has 1 aliphatic rings. The lowest BCUT2D eigenvalue weighted by Crippen LogP contribution is -2.36. The van der Waals surface area contributed by atoms with E-state index in [-0.39, 0.29) is 11.8 Å². The van der Waals surface area contributed by atoms with Crippen molar-refractivity contribution in [3.63, 3.8) is 0 Å². The molecule has 0 aliphatic carbocycles. The molecule has 1 aliphatic heterocycles. The zero-order valence-electron chi connectivity index (χ0n) is 13.9. The number of rotatable bonds is 4. The molecule has 0 saturated carbocycles. The first-order valence-electron chi connectivity index (χ1n) is 8.15. The first-order valence-corrected chi connectivity index (χ1v) is 8.15. The third-order valence-electron chi connectivity index (χ3n) is 4.27. The Balaban J connectivity index is 1.98. The summed E-state index contributed by atoms with van der Waals surface area (Å²) >= 11 is 0. The molecule has 4 heteroatoms. The Hall–Kier alpha value is -2.88. The Bertz CT molecular complexity index is 803. The fourth-order valence-electron chi connectivity index (χ4n) is 2.96. The highest BCUT2D eigenvalue weighted by molar-refractivity contribution is 6.33. The van der Waals surface area contributed by atoms with Crippen molar-refractivity contribution >= 4 is 29.2 Å². The molecule has 24 heavy (non-hydrogen) atoms. The minimum absolute atomic E-state index is 0.343. The zero-order chi connectivity index (χ0) is 17.1. The van der Waals surface area contributed by atoms with E-state index in [2.05, 4.69) is 36.2 Å². The molecular weight excluding hydrogens is 300 g/mol. The van der Waals surface area contributed by atoms with Crippen LogP contribution in [0.2, 0.25) is 0 Å². The van der Waals surface area contributed by atoms with Crippen LogP contribution in [0.1, 0.15) is 35.3 Å². The van der Waals surface area contributed by atoms with Gasteiger partial charge in [-0.25, -0.2) is 0 Å². The van der Waals surface area contributed by atoms with Gasteiger partial charge in [-0.1, -0.05) is 30.3 Å². The van der Waals surface area contributed by atoms with E-state index in [0.717, 1.165) is 24.3 Å². The summed E-state index contributed by atoms with van der Waals surface area (Å²) in [6.07, 6.45) is 1.83. The van der Waals surface area contributed by atoms with E-state index in [9.17, 15) is 9.59 Å². The molecule has 0 aromatic heterocycles. The second-order valence-corrected chi connectivity index (χ2v) is 5.65. The molecule has 0 fully saturated rings. The van der Waals surface area contributed by atoms with Crippen LogP contribution >= 0.6 is 0 Å². The van der Waals surface area contributed by atoms with Crippen LogP contribution < -0.4 is 10.2 Å². The minimum Gasteiger partial charge on any atom is -0.372 e. The lowest BCUT2D eigenvalue weighted by Gasteiger charge is -2.21. The van der Waals surface area contributed by atoms with Gasteiger partial charge >= 0.3 is 0 Å². The molecule has 0 saturated heterocycles. The average Bonchev–Trinajstić information content (AvgIpc) is 2.61. The predicted molar refractivity (Wildman–Crippen MR) is 96.8 cm³/mol. The summed E-state index contributed by atoms with van der Waals surface area (Å²) < 4.78 is 0. The van der Waals surface area contributed by atoms with E-state index >= 15 is 0 Å². The molecule has 2 aromatic rings. The molecule has 4 nitrogen and oxygen atoms in total. The molecule has 0 radical (unpaired) electrons. The second kappa shape index (κ2) is 6.71. The molecule has 3 rings (SSSR count). The Labute approximate surface area is 141 Å². The van der Waals surface area contributed by atoms with Crippen LogP contribution in [0, 0.1) is 0 Å². The average molecular weight is 320 g/mol. The summed E-state index contributed by atoms with van der Waals surface area (Å²) in [7, 11) is 0. The van der Waals surface area contributed by atoms with Crippen LogP contribution in [0.15, 0.2) is 48.5 Å². The van der Waals surface area contributed by atoms with Gasteiger partial charge in [0.05, 0.1) is 0 Å². The molecule has 1 N–H and O–H groups in total. The third kappa shape index (κ3) is 2.95. The van der Waals surface area contributed by atoms with Crippen LogP contribution in [0.4, 0.5) is 5.69 Å². The van der Waals surface area contributed by atoms with E-state index in [1.807, 2.05) is 30.3 Å². The fraction of sp³-hybridized carbons (Fsp3) is 0.200. The summed E-state index contributed by atoms with van der Waals surface area (Å²) in [6.45, 7) is 6.16. The number of carbonyl (C=O) groups is 2. The molecule has 0 spiro atoms. The molecule has 0 atom stereocenters. The summed E-state index contributed by atoms with van der Waals surface area (Å²) in [5, 5.41) is 2.40. The lowest BCUT2D eigenvalue weighted by atomic mass is 9.93. The summed E-state index contributed by atoms with van der Waals surface area (Å²) in [6, 6.07) is 15.3. The third-order valence-corrected chi connectivity index (χ3v) is 4.27. The maximum atomic E-state index is 12.2. The van der Waals surface area contributed by atoms with Crippen molar-refractivity contribution in [2.24, 2.45) is 0 Å². The van der Waals surface area contributed by atoms with Crippen molar-refractivity contribution in [2.45, 2.75) is 13.8 Å². The highest BCUT2D eigenvalue weighted by atomic mass is 16.2. The van der Waals surface area contributed by atoms with Crippen LogP contribution in [-0.4, -0.2) is 24.9 Å². The van der Waals surface area contributed by atoms with Gasteiger partial charge in [-0.05, 0) is 49.2 Å². The van der Waals surface area contributed by atoms with Crippen molar-refractivity contribution in [3.05, 3.63) is 65.2 Å². The van der Waals surface area contributed by atoms with Crippen molar-refractivity contribution in [3.8, 4) is 0 Å². The molecule has 1 heterocycles. The quantitative estimate of drug-likeness (QED) is 0.694. The standard InChI is InChI=1S/C20H20N2O2/c1-3-22(4-2)15-11-9-14(10-12-15)13-18-16-7-5-6-8-17(16)19(23)21-20(18)24/h5-13H,3-4H2,1-2H3,(H,21,23,24)/b18-13+. The molecule has 0 unspecified atom stereocenters. The molecule has 0 bridgehead atoms. The number of amides is 2. The molecular formula is C20H20N2O2. The normalized spacial score (nSPS) is 15.2. The van der Waals surface area contributed by atoms with E-state index in [0.29, 0.717) is 16.7 Å². The zero-order valence-corrected chi connectivity index (χ0v) is 13.9. The van der Waals surface area contributed by atoms with Gasteiger partial charge < -0.3 is 4.90 Å². The maximum Gasteiger partial charge on any atom is 0.258 e. The number of nitrogens with one attached hydrogen (secondary N) is 1. The van der Waals surface area contributed by atoms with E-state index < -0.39 is 0 Å². The predicted octanol–water partition coefficient (Wildman–Crippen LogP) is 3.34. The minimum atomic E-state index is -0.355. The van der Waals surface area contributed by atoms with Crippen LogP contribution in [0.5, 0.6) is 0 Å². The van der Waals surface area contributed by atoms with E-state index in [1.54, 1.807) is 12.1 Å². The number of nitrogens with zero attached hydrogens (tertiary/aromatic N) is 1. The second-order valence-electron chi connectivity index (χ2n) is 5.65. The fourth-order valence-corrected chi connectivity index (χ4v) is 2.96. The largest absolute Gasteiger partial charge is 0.372 e. The van der Waals surface area contributed by atoms with Crippen molar-refractivity contribution in [1.82, 2.24) is 5.32 Å². The van der Waals surface area contributed by atoms with Gasteiger partial charge in [-0.2, -0.15) is 0 Å². The Morgan fingerprint density at radius 2 is 1.50 bits per heavy atom. The SMILES string of the molecule is CCN(CC)c1ccc(/C=C2/C(=O)NC(=O)c3ccccc32)cc1. The molecule has 122 valence electrons. The van der Waals surface area contributed by atoms with Crippen molar-refractivity contribution in [2.75, 3.05) is 18.0 Å².